The molecule has 0 saturated carbocycles. The lowest BCUT2D eigenvalue weighted by Gasteiger charge is -2.07. The van der Waals surface area contributed by atoms with Crippen LogP contribution in [-0.2, 0) is 11.3 Å². The van der Waals surface area contributed by atoms with E-state index in [9.17, 15) is 4.79 Å². The van der Waals surface area contributed by atoms with Gasteiger partial charge in [0, 0.05) is 15.9 Å². The van der Waals surface area contributed by atoms with E-state index in [-0.39, 0.29) is 11.9 Å². The van der Waals surface area contributed by atoms with E-state index in [1.807, 2.05) is 6.07 Å². The van der Waals surface area contributed by atoms with Crippen LogP contribution in [-0.4, -0.2) is 11.9 Å². The lowest BCUT2D eigenvalue weighted by Crippen LogP contribution is -2.38. The summed E-state index contributed by atoms with van der Waals surface area (Å²) < 4.78 is 2.09. The Labute approximate surface area is 103 Å². The van der Waals surface area contributed by atoms with Gasteiger partial charge in [0.25, 0.3) is 0 Å². The summed E-state index contributed by atoms with van der Waals surface area (Å²) in [6.45, 7) is 2.40. The third kappa shape index (κ3) is 3.34. The summed E-state index contributed by atoms with van der Waals surface area (Å²) in [6.07, 6.45) is 0. The molecular formula is C8H10Br2N2OS. The average Bonchev–Trinajstić information content (AvgIpc) is 2.42. The molecule has 1 aromatic rings. The molecule has 3 nitrogen and oxygen atoms in total. The monoisotopic (exact) mass is 340 g/mol. The maximum absolute atomic E-state index is 10.7. The Hall–Kier alpha value is 0.0900. The molecule has 3 N–H and O–H groups in total. The van der Waals surface area contributed by atoms with Crippen molar-refractivity contribution in [2.75, 3.05) is 0 Å². The van der Waals surface area contributed by atoms with Gasteiger partial charge in [-0.15, -0.1) is 11.3 Å². The van der Waals surface area contributed by atoms with Gasteiger partial charge in [0.15, 0.2) is 0 Å². The topological polar surface area (TPSA) is 55.1 Å². The summed E-state index contributed by atoms with van der Waals surface area (Å²) in [5.74, 6) is -0.334. The zero-order valence-corrected chi connectivity index (χ0v) is 11.5. The first-order valence-corrected chi connectivity index (χ1v) is 6.37. The minimum Gasteiger partial charge on any atom is -0.368 e. The van der Waals surface area contributed by atoms with Crippen molar-refractivity contribution in [3.05, 3.63) is 19.2 Å². The molecule has 1 unspecified atom stereocenters. The number of hydrogen-bond acceptors (Lipinski definition) is 3. The molecule has 1 rings (SSSR count). The van der Waals surface area contributed by atoms with E-state index >= 15 is 0 Å². The first-order chi connectivity index (χ1) is 6.50. The van der Waals surface area contributed by atoms with Gasteiger partial charge >= 0.3 is 0 Å². The molecule has 0 aliphatic heterocycles. The number of halogens is 2. The maximum Gasteiger partial charge on any atom is 0.234 e. The molecule has 0 aliphatic carbocycles. The first kappa shape index (κ1) is 12.2. The Morgan fingerprint density at radius 2 is 2.36 bits per heavy atom. The van der Waals surface area contributed by atoms with Crippen LogP contribution in [0.2, 0.25) is 0 Å². The summed E-state index contributed by atoms with van der Waals surface area (Å²) >= 11 is 8.42. The van der Waals surface area contributed by atoms with Crippen LogP contribution >= 0.6 is 43.2 Å². The number of nitrogens with two attached hydrogens (primary N) is 1. The molecule has 0 bridgehead atoms. The molecule has 1 heterocycles. The summed E-state index contributed by atoms with van der Waals surface area (Å²) in [7, 11) is 0. The van der Waals surface area contributed by atoms with Crippen molar-refractivity contribution < 1.29 is 4.79 Å². The normalized spacial score (nSPS) is 12.8. The lowest BCUT2D eigenvalue weighted by molar-refractivity contribution is -0.119. The third-order valence-corrected chi connectivity index (χ3v) is 4.96. The second-order valence-corrected chi connectivity index (χ2v) is 6.15. The first-order valence-electron chi connectivity index (χ1n) is 3.97. The van der Waals surface area contributed by atoms with Gasteiger partial charge in [0.05, 0.1) is 9.83 Å². The highest BCUT2D eigenvalue weighted by Crippen LogP contribution is 2.32. The van der Waals surface area contributed by atoms with Crippen molar-refractivity contribution in [2.24, 2.45) is 5.73 Å². The molecule has 6 heteroatoms. The van der Waals surface area contributed by atoms with Crippen LogP contribution in [0.4, 0.5) is 0 Å². The summed E-state index contributed by atoms with van der Waals surface area (Å²) in [4.78, 5) is 11.9. The standard InChI is InChI=1S/C8H10Br2N2OS/c1-4(8(11)13)12-3-5-2-6(9)7(10)14-5/h2,4,12H,3H2,1H3,(H2,11,13). The van der Waals surface area contributed by atoms with E-state index in [0.717, 1.165) is 13.1 Å². The predicted octanol–water partition coefficient (Wildman–Crippen LogP) is 2.24. The molecule has 0 aromatic carbocycles. The highest BCUT2D eigenvalue weighted by atomic mass is 79.9. The molecule has 1 atom stereocenters. The summed E-state index contributed by atoms with van der Waals surface area (Å²) in [5, 5.41) is 3.03. The fraction of sp³-hybridized carbons (Fsp3) is 0.375. The third-order valence-electron chi connectivity index (χ3n) is 1.71. The summed E-state index contributed by atoms with van der Waals surface area (Å²) in [6, 6.07) is 1.71. The van der Waals surface area contributed by atoms with Gasteiger partial charge < -0.3 is 11.1 Å². The fourth-order valence-corrected chi connectivity index (χ4v) is 2.96. The van der Waals surface area contributed by atoms with E-state index in [4.69, 9.17) is 5.73 Å². The van der Waals surface area contributed by atoms with Gasteiger partial charge in [0.1, 0.15) is 0 Å². The Bertz CT molecular complexity index is 321. The SMILES string of the molecule is CC(NCc1cc(Br)c(Br)s1)C(N)=O. The molecule has 0 saturated heterocycles. The maximum atomic E-state index is 10.7. The summed E-state index contributed by atoms with van der Waals surface area (Å²) in [5.41, 5.74) is 5.12. The van der Waals surface area contributed by atoms with Crippen LogP contribution < -0.4 is 11.1 Å². The Kier molecular flexibility index (Phi) is 4.56. The van der Waals surface area contributed by atoms with Crippen LogP contribution in [0, 0.1) is 0 Å². The minimum atomic E-state index is -0.334. The zero-order chi connectivity index (χ0) is 10.7. The Balaban J connectivity index is 2.50. The number of nitrogens with one attached hydrogen (secondary N) is 1. The quantitative estimate of drug-likeness (QED) is 0.882. The van der Waals surface area contributed by atoms with E-state index in [2.05, 4.69) is 37.2 Å². The van der Waals surface area contributed by atoms with Crippen molar-refractivity contribution in [1.82, 2.24) is 5.32 Å². The van der Waals surface area contributed by atoms with Crippen molar-refractivity contribution in [3.63, 3.8) is 0 Å². The number of hydrogen-bond donors (Lipinski definition) is 2. The van der Waals surface area contributed by atoms with Gasteiger partial charge in [-0.1, -0.05) is 0 Å². The largest absolute Gasteiger partial charge is 0.368 e. The van der Waals surface area contributed by atoms with Crippen LogP contribution in [0.25, 0.3) is 0 Å². The van der Waals surface area contributed by atoms with Crippen LogP contribution in [0.1, 0.15) is 11.8 Å². The molecule has 0 radical (unpaired) electrons. The van der Waals surface area contributed by atoms with Gasteiger partial charge in [0.2, 0.25) is 5.91 Å². The Morgan fingerprint density at radius 1 is 1.71 bits per heavy atom. The zero-order valence-electron chi connectivity index (χ0n) is 7.51. The van der Waals surface area contributed by atoms with E-state index in [1.165, 1.54) is 0 Å². The molecular weight excluding hydrogens is 332 g/mol. The fourth-order valence-electron chi connectivity index (χ4n) is 0.833. The highest BCUT2D eigenvalue weighted by molar-refractivity contribution is 9.13. The number of amides is 1. The van der Waals surface area contributed by atoms with Crippen LogP contribution in [0.3, 0.4) is 0 Å². The predicted molar refractivity (Wildman–Crippen MR) is 65.2 cm³/mol. The molecule has 1 amide bonds. The molecule has 0 spiro atoms. The number of primary amides is 1. The minimum absolute atomic E-state index is 0.297. The average molecular weight is 342 g/mol. The number of rotatable bonds is 4. The Morgan fingerprint density at radius 3 is 2.79 bits per heavy atom. The molecule has 1 aromatic heterocycles. The highest BCUT2D eigenvalue weighted by Gasteiger charge is 2.09. The van der Waals surface area contributed by atoms with Crippen molar-refractivity contribution in [3.8, 4) is 0 Å². The smallest absolute Gasteiger partial charge is 0.234 e. The van der Waals surface area contributed by atoms with Crippen molar-refractivity contribution in [1.29, 1.82) is 0 Å². The molecule has 0 aliphatic rings. The number of thiophene rings is 1. The lowest BCUT2D eigenvalue weighted by atomic mass is 10.3. The number of carbonyl (C=O) groups is 1. The van der Waals surface area contributed by atoms with Gasteiger partial charge in [-0.25, -0.2) is 0 Å². The van der Waals surface area contributed by atoms with Gasteiger partial charge in [-0.3, -0.25) is 4.79 Å². The van der Waals surface area contributed by atoms with Gasteiger partial charge in [-0.05, 0) is 44.8 Å². The second kappa shape index (κ2) is 5.25. The van der Waals surface area contributed by atoms with E-state index < -0.39 is 0 Å². The van der Waals surface area contributed by atoms with Crippen LogP contribution in [0.5, 0.6) is 0 Å². The molecule has 78 valence electrons. The van der Waals surface area contributed by atoms with Gasteiger partial charge in [-0.2, -0.15) is 0 Å². The van der Waals surface area contributed by atoms with Crippen molar-refractivity contribution in [2.45, 2.75) is 19.5 Å². The second-order valence-electron chi connectivity index (χ2n) is 2.84. The molecule has 14 heavy (non-hydrogen) atoms. The number of carbonyl (C=O) groups excluding carboxylic acids is 1. The van der Waals surface area contributed by atoms with Crippen molar-refractivity contribution >= 4 is 49.1 Å². The molecule has 0 fully saturated rings. The van der Waals surface area contributed by atoms with E-state index in [1.54, 1.807) is 18.3 Å². The van der Waals surface area contributed by atoms with E-state index in [0.29, 0.717) is 6.54 Å². The van der Waals surface area contributed by atoms with Crippen LogP contribution in [0.15, 0.2) is 14.3 Å².